The van der Waals surface area contributed by atoms with Crippen LogP contribution >= 0.6 is 27.7 Å². The molecule has 0 saturated heterocycles. The van der Waals surface area contributed by atoms with Gasteiger partial charge >= 0.3 is 0 Å². The first-order chi connectivity index (χ1) is 15.5. The number of fused-ring (bicyclic) bond motifs is 1. The van der Waals surface area contributed by atoms with Gasteiger partial charge in [0.05, 0.1) is 28.1 Å². The van der Waals surface area contributed by atoms with Crippen molar-refractivity contribution in [1.82, 2.24) is 20.0 Å². The molecule has 0 aliphatic rings. The number of hydrogen-bond donors (Lipinski definition) is 1. The molecule has 1 N–H and O–H groups in total. The van der Waals surface area contributed by atoms with Gasteiger partial charge in [0.1, 0.15) is 0 Å². The van der Waals surface area contributed by atoms with Crippen molar-refractivity contribution in [3.8, 4) is 5.69 Å². The van der Waals surface area contributed by atoms with Crippen LogP contribution in [0.3, 0.4) is 0 Å². The van der Waals surface area contributed by atoms with Gasteiger partial charge in [0.15, 0.2) is 5.16 Å². The van der Waals surface area contributed by atoms with E-state index in [9.17, 15) is 9.59 Å². The van der Waals surface area contributed by atoms with Gasteiger partial charge in [-0.3, -0.25) is 19.1 Å². The van der Waals surface area contributed by atoms with Gasteiger partial charge in [-0.15, -0.1) is 0 Å². The molecule has 0 spiro atoms. The van der Waals surface area contributed by atoms with E-state index in [-0.39, 0.29) is 17.2 Å². The smallest absolute Gasteiger partial charge is 0.266 e. The van der Waals surface area contributed by atoms with Crippen LogP contribution in [0.2, 0.25) is 0 Å². The van der Waals surface area contributed by atoms with Gasteiger partial charge in [-0.1, -0.05) is 45.9 Å². The Hall–Kier alpha value is -3.30. The minimum Gasteiger partial charge on any atom is -0.272 e. The largest absolute Gasteiger partial charge is 0.272 e. The second kappa shape index (κ2) is 9.88. The quantitative estimate of drug-likeness (QED) is 0.183. The Bertz CT molecular complexity index is 1350. The first-order valence-corrected chi connectivity index (χ1v) is 11.4. The molecule has 160 valence electrons. The number of hydrazone groups is 1. The molecule has 0 radical (unpaired) electrons. The summed E-state index contributed by atoms with van der Waals surface area (Å²) < 4.78 is 2.43. The molecule has 0 fully saturated rings. The average Bonchev–Trinajstić information content (AvgIpc) is 2.82. The number of benzene rings is 2. The summed E-state index contributed by atoms with van der Waals surface area (Å²) in [4.78, 5) is 34.3. The number of halogens is 1. The minimum absolute atomic E-state index is 0.0468. The molecule has 0 bridgehead atoms. The Balaban J connectivity index is 1.59. The lowest BCUT2D eigenvalue weighted by Gasteiger charge is -2.13. The van der Waals surface area contributed by atoms with Crippen LogP contribution < -0.4 is 11.0 Å². The van der Waals surface area contributed by atoms with E-state index in [4.69, 9.17) is 0 Å². The van der Waals surface area contributed by atoms with E-state index in [0.717, 1.165) is 10.0 Å². The first-order valence-electron chi connectivity index (χ1n) is 9.67. The van der Waals surface area contributed by atoms with Crippen LogP contribution in [-0.4, -0.2) is 31.9 Å². The molecule has 0 atom stereocenters. The lowest BCUT2D eigenvalue weighted by atomic mass is 10.2. The molecule has 0 saturated carbocycles. The fourth-order valence-corrected chi connectivity index (χ4v) is 4.05. The van der Waals surface area contributed by atoms with Gasteiger partial charge in [-0.2, -0.15) is 5.10 Å². The summed E-state index contributed by atoms with van der Waals surface area (Å²) in [6.07, 6.45) is 3.35. The van der Waals surface area contributed by atoms with E-state index in [2.05, 4.69) is 36.4 Å². The second-order valence-electron chi connectivity index (χ2n) is 6.79. The van der Waals surface area contributed by atoms with Gasteiger partial charge in [-0.25, -0.2) is 10.4 Å². The number of amides is 1. The molecule has 0 aliphatic heterocycles. The van der Waals surface area contributed by atoms with Crippen LogP contribution in [0.25, 0.3) is 16.6 Å². The monoisotopic (exact) mass is 507 g/mol. The highest BCUT2D eigenvalue weighted by molar-refractivity contribution is 9.10. The molecular formula is C23H18BrN5O2S. The first kappa shape index (κ1) is 21.9. The van der Waals surface area contributed by atoms with E-state index >= 15 is 0 Å². The fraction of sp³-hybridized carbons (Fsp3) is 0.0870. The zero-order valence-corrected chi connectivity index (χ0v) is 19.4. The standard InChI is InChI=1S/C23H18BrN5O2S/c1-15(16-5-4-12-25-13-16)27-28-21(30)14-32-23-26-20-7-3-2-6-19(20)22(31)29(23)18-10-8-17(24)9-11-18/h2-13H,14H2,1H3,(H,28,30)/b27-15-. The Morgan fingerprint density at radius 2 is 1.91 bits per heavy atom. The number of thioether (sulfide) groups is 1. The highest BCUT2D eigenvalue weighted by Crippen LogP contribution is 2.22. The second-order valence-corrected chi connectivity index (χ2v) is 8.65. The predicted octanol–water partition coefficient (Wildman–Crippen LogP) is 4.18. The lowest BCUT2D eigenvalue weighted by molar-refractivity contribution is -0.118. The van der Waals surface area contributed by atoms with Gasteiger partial charge in [0, 0.05) is 22.4 Å². The van der Waals surface area contributed by atoms with Crippen molar-refractivity contribution in [1.29, 1.82) is 0 Å². The van der Waals surface area contributed by atoms with Crippen LogP contribution in [0.1, 0.15) is 12.5 Å². The summed E-state index contributed by atoms with van der Waals surface area (Å²) in [6, 6.07) is 18.2. The van der Waals surface area contributed by atoms with Gasteiger partial charge in [-0.05, 0) is 49.4 Å². The molecule has 0 unspecified atom stereocenters. The third kappa shape index (κ3) is 4.95. The number of hydrogen-bond acceptors (Lipinski definition) is 6. The molecule has 7 nitrogen and oxygen atoms in total. The maximum absolute atomic E-state index is 13.2. The Morgan fingerprint density at radius 3 is 2.66 bits per heavy atom. The molecule has 1 amide bonds. The lowest BCUT2D eigenvalue weighted by Crippen LogP contribution is -2.24. The van der Waals surface area contributed by atoms with E-state index in [1.54, 1.807) is 43.6 Å². The summed E-state index contributed by atoms with van der Waals surface area (Å²) in [5.74, 6) is -0.256. The molecule has 0 aliphatic carbocycles. The molecular weight excluding hydrogens is 490 g/mol. The van der Waals surface area contributed by atoms with Gasteiger partial charge in [0.2, 0.25) is 0 Å². The van der Waals surface area contributed by atoms with Crippen molar-refractivity contribution < 1.29 is 4.79 Å². The zero-order valence-electron chi connectivity index (χ0n) is 17.0. The fourth-order valence-electron chi connectivity index (χ4n) is 2.98. The highest BCUT2D eigenvalue weighted by atomic mass is 79.9. The van der Waals surface area contributed by atoms with E-state index in [1.807, 2.05) is 36.4 Å². The van der Waals surface area contributed by atoms with Crippen molar-refractivity contribution in [2.75, 3.05) is 5.75 Å². The van der Waals surface area contributed by atoms with Gasteiger partial charge in [0.25, 0.3) is 11.5 Å². The topological polar surface area (TPSA) is 89.2 Å². The summed E-state index contributed by atoms with van der Waals surface area (Å²) in [7, 11) is 0. The minimum atomic E-state index is -0.303. The molecule has 9 heteroatoms. The third-order valence-electron chi connectivity index (χ3n) is 4.59. The summed E-state index contributed by atoms with van der Waals surface area (Å²) in [6.45, 7) is 1.79. The van der Waals surface area contributed by atoms with Crippen molar-refractivity contribution in [2.24, 2.45) is 5.10 Å². The number of carbonyl (C=O) groups excluding carboxylic acids is 1. The Labute approximate surface area is 196 Å². The Morgan fingerprint density at radius 1 is 1.12 bits per heavy atom. The summed E-state index contributed by atoms with van der Waals surface area (Å²) in [5, 5.41) is 5.08. The molecule has 32 heavy (non-hydrogen) atoms. The molecule has 4 rings (SSSR count). The van der Waals surface area contributed by atoms with Gasteiger partial charge < -0.3 is 0 Å². The van der Waals surface area contributed by atoms with Crippen LogP contribution in [0.15, 0.2) is 92.6 Å². The molecule has 2 aromatic heterocycles. The van der Waals surface area contributed by atoms with Crippen molar-refractivity contribution in [3.63, 3.8) is 0 Å². The molecule has 2 aromatic carbocycles. The molecule has 4 aromatic rings. The number of rotatable bonds is 6. The molecule has 2 heterocycles. The summed E-state index contributed by atoms with van der Waals surface area (Å²) in [5.41, 5.74) is 5.08. The van der Waals surface area contributed by atoms with E-state index in [0.29, 0.717) is 27.5 Å². The van der Waals surface area contributed by atoms with Crippen LogP contribution in [-0.2, 0) is 4.79 Å². The van der Waals surface area contributed by atoms with E-state index in [1.165, 1.54) is 16.3 Å². The maximum Gasteiger partial charge on any atom is 0.266 e. The number of aromatic nitrogens is 3. The summed E-state index contributed by atoms with van der Waals surface area (Å²) >= 11 is 4.59. The number of para-hydroxylation sites is 1. The predicted molar refractivity (Wildman–Crippen MR) is 130 cm³/mol. The maximum atomic E-state index is 13.2. The highest BCUT2D eigenvalue weighted by Gasteiger charge is 2.15. The normalized spacial score (nSPS) is 11.5. The van der Waals surface area contributed by atoms with E-state index < -0.39 is 0 Å². The third-order valence-corrected chi connectivity index (χ3v) is 6.06. The number of pyridine rings is 1. The number of carbonyl (C=O) groups is 1. The zero-order chi connectivity index (χ0) is 22.5. The van der Waals surface area contributed by atoms with Crippen molar-refractivity contribution in [2.45, 2.75) is 12.1 Å². The number of nitrogens with one attached hydrogen (secondary N) is 1. The van der Waals surface area contributed by atoms with Crippen molar-refractivity contribution >= 4 is 50.2 Å². The van der Waals surface area contributed by atoms with Crippen LogP contribution in [0.4, 0.5) is 0 Å². The number of nitrogens with zero attached hydrogens (tertiary/aromatic N) is 4. The van der Waals surface area contributed by atoms with Crippen molar-refractivity contribution in [3.05, 3.63) is 93.4 Å². The van der Waals surface area contributed by atoms with Crippen LogP contribution in [0, 0.1) is 0 Å². The SMILES string of the molecule is C/C(=N/NC(=O)CSc1nc2ccccc2c(=O)n1-c1ccc(Br)cc1)c1cccnc1. The van der Waals surface area contributed by atoms with Crippen LogP contribution in [0.5, 0.6) is 0 Å². The Kier molecular flexibility index (Phi) is 6.77. The average molecular weight is 508 g/mol.